The Morgan fingerprint density at radius 1 is 0.935 bits per heavy atom. The standard InChI is InChI=1S/C22H17Cl2FN2O3S/c23-17-8-5-15(6-9-17)12-27-20-3-1-2-4-21(20)31(29,30)26(14-22(27)28)13-16-7-10-18(25)11-19(16)24/h1-11H,12-14H2. The number of hydrogen-bond donors (Lipinski definition) is 0. The lowest BCUT2D eigenvalue weighted by atomic mass is 10.2. The molecule has 3 aromatic carbocycles. The quantitative estimate of drug-likeness (QED) is 0.537. The fraction of sp³-hybridized carbons (Fsp3) is 0.136. The van der Waals surface area contributed by atoms with Crippen LogP contribution < -0.4 is 4.90 Å². The van der Waals surface area contributed by atoms with Crippen molar-refractivity contribution in [2.45, 2.75) is 18.0 Å². The minimum Gasteiger partial charge on any atom is -0.305 e. The number of nitrogens with zero attached hydrogens (tertiary/aromatic N) is 2. The smallest absolute Gasteiger partial charge is 0.245 e. The zero-order chi connectivity index (χ0) is 22.2. The molecule has 0 saturated heterocycles. The van der Waals surface area contributed by atoms with Crippen molar-refractivity contribution in [2.24, 2.45) is 0 Å². The molecule has 0 bridgehead atoms. The molecule has 0 fully saturated rings. The zero-order valence-electron chi connectivity index (χ0n) is 16.1. The summed E-state index contributed by atoms with van der Waals surface area (Å²) < 4.78 is 41.3. The van der Waals surface area contributed by atoms with Gasteiger partial charge in [0.15, 0.2) is 0 Å². The van der Waals surface area contributed by atoms with E-state index in [-0.39, 0.29) is 35.5 Å². The van der Waals surface area contributed by atoms with Gasteiger partial charge in [0.2, 0.25) is 15.9 Å². The molecule has 0 atom stereocenters. The van der Waals surface area contributed by atoms with Gasteiger partial charge < -0.3 is 4.90 Å². The molecular weight excluding hydrogens is 462 g/mol. The molecule has 160 valence electrons. The summed E-state index contributed by atoms with van der Waals surface area (Å²) in [4.78, 5) is 14.6. The van der Waals surface area contributed by atoms with Crippen molar-refractivity contribution in [1.29, 1.82) is 0 Å². The van der Waals surface area contributed by atoms with Crippen LogP contribution in [0.5, 0.6) is 0 Å². The van der Waals surface area contributed by atoms with Gasteiger partial charge in [-0.15, -0.1) is 0 Å². The van der Waals surface area contributed by atoms with E-state index in [1.165, 1.54) is 23.1 Å². The van der Waals surface area contributed by atoms with E-state index in [0.717, 1.165) is 15.9 Å². The van der Waals surface area contributed by atoms with Crippen molar-refractivity contribution in [3.05, 3.63) is 93.7 Å². The monoisotopic (exact) mass is 478 g/mol. The Kier molecular flexibility index (Phi) is 6.03. The van der Waals surface area contributed by atoms with Gasteiger partial charge in [0.05, 0.1) is 18.8 Å². The molecule has 1 heterocycles. The topological polar surface area (TPSA) is 57.7 Å². The van der Waals surface area contributed by atoms with Gasteiger partial charge in [0, 0.05) is 16.6 Å². The van der Waals surface area contributed by atoms with Crippen molar-refractivity contribution in [3.63, 3.8) is 0 Å². The molecule has 9 heteroatoms. The van der Waals surface area contributed by atoms with Crippen LogP contribution >= 0.6 is 23.2 Å². The molecule has 0 saturated carbocycles. The summed E-state index contributed by atoms with van der Waals surface area (Å²) in [6.45, 7) is -0.345. The summed E-state index contributed by atoms with van der Waals surface area (Å²) in [5.74, 6) is -0.912. The number of anilines is 1. The number of rotatable bonds is 4. The highest BCUT2D eigenvalue weighted by Gasteiger charge is 2.36. The third kappa shape index (κ3) is 4.45. The average Bonchev–Trinajstić information content (AvgIpc) is 2.81. The Morgan fingerprint density at radius 3 is 2.35 bits per heavy atom. The number of carbonyl (C=O) groups is 1. The molecule has 0 aliphatic carbocycles. The van der Waals surface area contributed by atoms with E-state index < -0.39 is 15.8 Å². The second-order valence-electron chi connectivity index (χ2n) is 7.08. The number of carbonyl (C=O) groups excluding carboxylic acids is 1. The molecular formula is C22H17Cl2FN2O3S. The first-order valence-corrected chi connectivity index (χ1v) is 11.5. The van der Waals surface area contributed by atoms with Crippen LogP contribution in [-0.2, 0) is 27.9 Å². The predicted octanol–water partition coefficient (Wildman–Crippen LogP) is 4.87. The third-order valence-electron chi connectivity index (χ3n) is 5.00. The summed E-state index contributed by atoms with van der Waals surface area (Å²) in [6.07, 6.45) is 0. The van der Waals surface area contributed by atoms with Gasteiger partial charge >= 0.3 is 0 Å². The van der Waals surface area contributed by atoms with Gasteiger partial charge in [-0.2, -0.15) is 4.31 Å². The van der Waals surface area contributed by atoms with Crippen LogP contribution in [0, 0.1) is 5.82 Å². The third-order valence-corrected chi connectivity index (χ3v) is 7.45. The highest BCUT2D eigenvalue weighted by atomic mass is 35.5. The van der Waals surface area contributed by atoms with Gasteiger partial charge in [-0.25, -0.2) is 12.8 Å². The Hall–Kier alpha value is -2.45. The molecule has 0 unspecified atom stereocenters. The first-order chi connectivity index (χ1) is 14.8. The normalized spacial score (nSPS) is 16.1. The molecule has 4 rings (SSSR count). The molecule has 5 nitrogen and oxygen atoms in total. The van der Waals surface area contributed by atoms with E-state index >= 15 is 0 Å². The predicted molar refractivity (Wildman–Crippen MR) is 118 cm³/mol. The summed E-state index contributed by atoms with van der Waals surface area (Å²) >= 11 is 12.0. The molecule has 1 aliphatic heterocycles. The molecule has 0 N–H and O–H groups in total. The maximum absolute atomic E-state index is 13.4. The number of para-hydroxylation sites is 1. The Morgan fingerprint density at radius 2 is 1.65 bits per heavy atom. The van der Waals surface area contributed by atoms with Crippen LogP contribution in [0.3, 0.4) is 0 Å². The number of hydrogen-bond acceptors (Lipinski definition) is 3. The lowest BCUT2D eigenvalue weighted by Gasteiger charge is -2.22. The summed E-state index contributed by atoms with van der Waals surface area (Å²) in [5, 5.41) is 0.662. The fourth-order valence-corrected chi connectivity index (χ4v) is 5.33. The number of halogens is 3. The Balaban J connectivity index is 1.74. The maximum atomic E-state index is 13.4. The highest BCUT2D eigenvalue weighted by molar-refractivity contribution is 7.89. The van der Waals surface area contributed by atoms with Crippen molar-refractivity contribution in [2.75, 3.05) is 11.4 Å². The summed E-state index contributed by atoms with van der Waals surface area (Å²) in [7, 11) is -4.01. The van der Waals surface area contributed by atoms with Crippen LogP contribution in [-0.4, -0.2) is 25.2 Å². The van der Waals surface area contributed by atoms with Gasteiger partial charge in [-0.1, -0.05) is 53.5 Å². The number of sulfonamides is 1. The van der Waals surface area contributed by atoms with Gasteiger partial charge in [-0.05, 0) is 47.5 Å². The number of amides is 1. The Bertz CT molecular complexity index is 1250. The number of benzene rings is 3. The highest BCUT2D eigenvalue weighted by Crippen LogP contribution is 2.33. The van der Waals surface area contributed by atoms with Crippen LogP contribution in [0.1, 0.15) is 11.1 Å². The first kappa shape index (κ1) is 21.8. The average molecular weight is 479 g/mol. The van der Waals surface area contributed by atoms with E-state index in [1.807, 2.05) is 0 Å². The van der Waals surface area contributed by atoms with E-state index in [1.54, 1.807) is 42.5 Å². The van der Waals surface area contributed by atoms with Gasteiger partial charge in [0.1, 0.15) is 10.7 Å². The minimum atomic E-state index is -4.01. The zero-order valence-corrected chi connectivity index (χ0v) is 18.5. The Labute approximate surface area is 189 Å². The van der Waals surface area contributed by atoms with Crippen molar-refractivity contribution in [3.8, 4) is 0 Å². The van der Waals surface area contributed by atoms with Crippen molar-refractivity contribution < 1.29 is 17.6 Å². The second-order valence-corrected chi connectivity index (χ2v) is 9.83. The largest absolute Gasteiger partial charge is 0.305 e. The molecule has 3 aromatic rings. The van der Waals surface area contributed by atoms with Crippen LogP contribution in [0.2, 0.25) is 10.0 Å². The fourth-order valence-electron chi connectivity index (χ4n) is 3.42. The molecule has 0 spiro atoms. The minimum absolute atomic E-state index is 0.0213. The molecule has 0 radical (unpaired) electrons. The van der Waals surface area contributed by atoms with E-state index in [0.29, 0.717) is 16.3 Å². The lowest BCUT2D eigenvalue weighted by Crippen LogP contribution is -2.38. The summed E-state index contributed by atoms with van der Waals surface area (Å²) in [6, 6.07) is 17.1. The molecule has 31 heavy (non-hydrogen) atoms. The number of fused-ring (bicyclic) bond motifs is 1. The lowest BCUT2D eigenvalue weighted by molar-refractivity contribution is -0.119. The van der Waals surface area contributed by atoms with E-state index in [9.17, 15) is 17.6 Å². The van der Waals surface area contributed by atoms with Crippen molar-refractivity contribution in [1.82, 2.24) is 4.31 Å². The van der Waals surface area contributed by atoms with E-state index in [2.05, 4.69) is 0 Å². The molecule has 1 amide bonds. The SMILES string of the molecule is O=C1CN(Cc2ccc(F)cc2Cl)S(=O)(=O)c2ccccc2N1Cc1ccc(Cl)cc1. The van der Waals surface area contributed by atoms with Crippen LogP contribution in [0.15, 0.2) is 71.6 Å². The molecule has 0 aromatic heterocycles. The maximum Gasteiger partial charge on any atom is 0.245 e. The van der Waals surface area contributed by atoms with Gasteiger partial charge in [-0.3, -0.25) is 4.79 Å². The van der Waals surface area contributed by atoms with Gasteiger partial charge in [0.25, 0.3) is 0 Å². The summed E-state index contributed by atoms with van der Waals surface area (Å²) in [5.41, 5.74) is 1.51. The molecule has 1 aliphatic rings. The second kappa shape index (κ2) is 8.59. The van der Waals surface area contributed by atoms with E-state index in [4.69, 9.17) is 23.2 Å². The van der Waals surface area contributed by atoms with Crippen molar-refractivity contribution >= 4 is 44.8 Å². The van der Waals surface area contributed by atoms with Crippen LogP contribution in [0.25, 0.3) is 0 Å². The first-order valence-electron chi connectivity index (χ1n) is 9.33. The van der Waals surface area contributed by atoms with Crippen LogP contribution in [0.4, 0.5) is 10.1 Å².